The minimum atomic E-state index is -0.334. The molecule has 0 heterocycles. The Morgan fingerprint density at radius 3 is 2.60 bits per heavy atom. The Bertz CT molecular complexity index is 474. The summed E-state index contributed by atoms with van der Waals surface area (Å²) in [5.74, 6) is -0.0707. The van der Waals surface area contributed by atoms with Gasteiger partial charge in [-0.05, 0) is 32.0 Å². The molecule has 0 radical (unpaired) electrons. The lowest BCUT2D eigenvalue weighted by molar-refractivity contribution is -0.142. The summed E-state index contributed by atoms with van der Waals surface area (Å²) in [6.07, 6.45) is 0.145. The first-order valence-electron chi connectivity index (χ1n) is 6.54. The number of ether oxygens (including phenoxy) is 2. The van der Waals surface area contributed by atoms with Gasteiger partial charge in [0.1, 0.15) is 5.75 Å². The molecule has 6 nitrogen and oxygen atoms in total. The van der Waals surface area contributed by atoms with Gasteiger partial charge < -0.3 is 20.5 Å². The Hall–Kier alpha value is -2.24. The minimum absolute atomic E-state index is 0.145. The highest BCUT2D eigenvalue weighted by atomic mass is 16.5. The largest absolute Gasteiger partial charge is 0.492 e. The van der Waals surface area contributed by atoms with E-state index in [0.29, 0.717) is 30.2 Å². The van der Waals surface area contributed by atoms with Crippen LogP contribution in [0.5, 0.6) is 5.75 Å². The molecule has 20 heavy (non-hydrogen) atoms. The third kappa shape index (κ3) is 4.79. The summed E-state index contributed by atoms with van der Waals surface area (Å²) in [7, 11) is 0. The first-order chi connectivity index (χ1) is 9.58. The standard InChI is InChI=1S/C14H20N2O4/c1-3-19-12-6-5-10(9-11(12)15)14(18)16-8-7-13(17)20-4-2/h5-6,9H,3-4,7-8,15H2,1-2H3,(H,16,18). The van der Waals surface area contributed by atoms with Crippen LogP contribution in [0.4, 0.5) is 5.69 Å². The van der Waals surface area contributed by atoms with Crippen molar-refractivity contribution in [2.75, 3.05) is 25.5 Å². The van der Waals surface area contributed by atoms with E-state index in [0.717, 1.165) is 0 Å². The second-order valence-electron chi connectivity index (χ2n) is 4.00. The number of carbonyl (C=O) groups excluding carboxylic acids is 2. The van der Waals surface area contributed by atoms with Gasteiger partial charge in [-0.2, -0.15) is 0 Å². The van der Waals surface area contributed by atoms with E-state index in [-0.39, 0.29) is 24.8 Å². The number of benzene rings is 1. The van der Waals surface area contributed by atoms with Crippen LogP contribution in [0.15, 0.2) is 18.2 Å². The molecule has 0 unspecified atom stereocenters. The van der Waals surface area contributed by atoms with Crippen LogP contribution in [0.25, 0.3) is 0 Å². The molecule has 0 bridgehead atoms. The molecule has 1 aromatic rings. The van der Waals surface area contributed by atoms with Crippen LogP contribution >= 0.6 is 0 Å². The van der Waals surface area contributed by atoms with Gasteiger partial charge in [0.15, 0.2) is 0 Å². The summed E-state index contributed by atoms with van der Waals surface area (Å²) in [6, 6.07) is 4.82. The maximum atomic E-state index is 11.8. The number of nitrogens with one attached hydrogen (secondary N) is 1. The fourth-order valence-corrected chi connectivity index (χ4v) is 1.59. The number of carbonyl (C=O) groups is 2. The van der Waals surface area contributed by atoms with Crippen molar-refractivity contribution in [3.8, 4) is 5.75 Å². The number of nitrogens with two attached hydrogens (primary N) is 1. The molecule has 0 spiro atoms. The molecular formula is C14H20N2O4. The van der Waals surface area contributed by atoms with Crippen LogP contribution in [0.3, 0.4) is 0 Å². The molecule has 0 aromatic heterocycles. The second-order valence-corrected chi connectivity index (χ2v) is 4.00. The maximum absolute atomic E-state index is 11.8. The van der Waals surface area contributed by atoms with E-state index in [9.17, 15) is 9.59 Å². The zero-order valence-electron chi connectivity index (χ0n) is 11.8. The Morgan fingerprint density at radius 2 is 2.00 bits per heavy atom. The molecule has 0 aliphatic rings. The average Bonchev–Trinajstić information content (AvgIpc) is 2.41. The highest BCUT2D eigenvalue weighted by Gasteiger charge is 2.09. The summed E-state index contributed by atoms with van der Waals surface area (Å²) in [5.41, 5.74) is 6.62. The Balaban J connectivity index is 2.51. The molecule has 1 aromatic carbocycles. The Labute approximate surface area is 118 Å². The number of rotatable bonds is 7. The van der Waals surface area contributed by atoms with E-state index in [1.807, 2.05) is 6.92 Å². The smallest absolute Gasteiger partial charge is 0.307 e. The van der Waals surface area contributed by atoms with Gasteiger partial charge in [-0.1, -0.05) is 0 Å². The third-order valence-electron chi connectivity index (χ3n) is 2.49. The molecule has 1 amide bonds. The monoisotopic (exact) mass is 280 g/mol. The molecule has 0 aliphatic carbocycles. The molecule has 0 fully saturated rings. The molecule has 0 saturated carbocycles. The van der Waals surface area contributed by atoms with Crippen LogP contribution in [0.1, 0.15) is 30.6 Å². The van der Waals surface area contributed by atoms with E-state index in [2.05, 4.69) is 5.32 Å². The lowest BCUT2D eigenvalue weighted by Gasteiger charge is -2.09. The highest BCUT2D eigenvalue weighted by Crippen LogP contribution is 2.22. The first kappa shape index (κ1) is 15.8. The van der Waals surface area contributed by atoms with Crippen LogP contribution in [-0.2, 0) is 9.53 Å². The maximum Gasteiger partial charge on any atom is 0.307 e. The van der Waals surface area contributed by atoms with Crippen molar-refractivity contribution in [2.45, 2.75) is 20.3 Å². The van der Waals surface area contributed by atoms with Gasteiger partial charge in [-0.15, -0.1) is 0 Å². The third-order valence-corrected chi connectivity index (χ3v) is 2.49. The van der Waals surface area contributed by atoms with Gasteiger partial charge in [0.2, 0.25) is 0 Å². The molecule has 110 valence electrons. The number of hydrogen-bond donors (Lipinski definition) is 2. The van der Waals surface area contributed by atoms with E-state index < -0.39 is 0 Å². The van der Waals surface area contributed by atoms with E-state index >= 15 is 0 Å². The van der Waals surface area contributed by atoms with Crippen molar-refractivity contribution in [1.29, 1.82) is 0 Å². The first-order valence-corrected chi connectivity index (χ1v) is 6.54. The van der Waals surface area contributed by atoms with Gasteiger partial charge in [-0.3, -0.25) is 9.59 Å². The minimum Gasteiger partial charge on any atom is -0.492 e. The number of hydrogen-bond acceptors (Lipinski definition) is 5. The Morgan fingerprint density at radius 1 is 1.25 bits per heavy atom. The van der Waals surface area contributed by atoms with Crippen molar-refractivity contribution in [2.24, 2.45) is 0 Å². The Kier molecular flexibility index (Phi) is 6.36. The van der Waals surface area contributed by atoms with E-state index in [1.54, 1.807) is 25.1 Å². The number of nitrogen functional groups attached to an aromatic ring is 1. The normalized spacial score (nSPS) is 9.90. The molecule has 6 heteroatoms. The summed E-state index contributed by atoms with van der Waals surface area (Å²) >= 11 is 0. The summed E-state index contributed by atoms with van der Waals surface area (Å²) < 4.78 is 10.1. The molecular weight excluding hydrogens is 260 g/mol. The van der Waals surface area contributed by atoms with E-state index in [4.69, 9.17) is 15.2 Å². The van der Waals surface area contributed by atoms with Crippen molar-refractivity contribution in [3.63, 3.8) is 0 Å². The molecule has 1 rings (SSSR count). The zero-order valence-corrected chi connectivity index (χ0v) is 11.8. The zero-order chi connectivity index (χ0) is 15.0. The molecule has 3 N–H and O–H groups in total. The van der Waals surface area contributed by atoms with Gasteiger partial charge in [0.05, 0.1) is 25.3 Å². The van der Waals surface area contributed by atoms with Gasteiger partial charge in [0, 0.05) is 12.1 Å². The summed E-state index contributed by atoms with van der Waals surface area (Å²) in [4.78, 5) is 23.0. The van der Waals surface area contributed by atoms with Crippen LogP contribution < -0.4 is 15.8 Å². The van der Waals surface area contributed by atoms with Gasteiger partial charge >= 0.3 is 5.97 Å². The molecule has 0 saturated heterocycles. The SMILES string of the molecule is CCOC(=O)CCNC(=O)c1ccc(OCC)c(N)c1. The molecule has 0 aliphatic heterocycles. The van der Waals surface area contributed by atoms with Gasteiger partial charge in [0.25, 0.3) is 5.91 Å². The number of anilines is 1. The lowest BCUT2D eigenvalue weighted by Crippen LogP contribution is -2.26. The fourth-order valence-electron chi connectivity index (χ4n) is 1.59. The highest BCUT2D eigenvalue weighted by molar-refractivity contribution is 5.95. The van der Waals surface area contributed by atoms with Crippen molar-refractivity contribution in [3.05, 3.63) is 23.8 Å². The van der Waals surface area contributed by atoms with Crippen molar-refractivity contribution >= 4 is 17.6 Å². The van der Waals surface area contributed by atoms with Crippen LogP contribution in [0, 0.1) is 0 Å². The van der Waals surface area contributed by atoms with Crippen molar-refractivity contribution < 1.29 is 19.1 Å². The van der Waals surface area contributed by atoms with Gasteiger partial charge in [-0.25, -0.2) is 0 Å². The second kappa shape index (κ2) is 8.04. The van der Waals surface area contributed by atoms with E-state index in [1.165, 1.54) is 0 Å². The lowest BCUT2D eigenvalue weighted by atomic mass is 10.1. The summed E-state index contributed by atoms with van der Waals surface area (Å²) in [6.45, 7) is 4.66. The quantitative estimate of drug-likeness (QED) is 0.581. The van der Waals surface area contributed by atoms with Crippen LogP contribution in [0.2, 0.25) is 0 Å². The predicted octanol–water partition coefficient (Wildman–Crippen LogP) is 1.35. The van der Waals surface area contributed by atoms with Crippen molar-refractivity contribution in [1.82, 2.24) is 5.32 Å². The fraction of sp³-hybridized carbons (Fsp3) is 0.429. The van der Waals surface area contributed by atoms with Crippen LogP contribution in [-0.4, -0.2) is 31.6 Å². The number of esters is 1. The summed E-state index contributed by atoms with van der Waals surface area (Å²) in [5, 5.41) is 2.63. The predicted molar refractivity (Wildman–Crippen MR) is 75.6 cm³/mol. The average molecular weight is 280 g/mol. The number of amides is 1. The molecule has 0 atom stereocenters. The topological polar surface area (TPSA) is 90.6 Å².